The molecule has 1 unspecified atom stereocenters. The standard InChI is InChI=1S/C14H19NO2S/c16-18(17,12-7-8-12)14-6-2-1-5-13(14)11-4-3-9-15-10-11/h1-2,5-6,11-12,15H,3-4,7-10H2. The summed E-state index contributed by atoms with van der Waals surface area (Å²) in [5, 5.41) is 3.25. The Hall–Kier alpha value is -0.870. The first-order valence-corrected chi connectivity index (χ1v) is 8.28. The van der Waals surface area contributed by atoms with Crippen LogP contribution in [0.3, 0.4) is 0 Å². The highest BCUT2D eigenvalue weighted by atomic mass is 32.2. The lowest BCUT2D eigenvalue weighted by molar-refractivity contribution is 0.456. The Morgan fingerprint density at radius 3 is 2.56 bits per heavy atom. The van der Waals surface area contributed by atoms with Crippen LogP contribution in [0.2, 0.25) is 0 Å². The van der Waals surface area contributed by atoms with Crippen molar-refractivity contribution in [3.8, 4) is 0 Å². The van der Waals surface area contributed by atoms with Gasteiger partial charge in [0.1, 0.15) is 0 Å². The molecule has 1 aromatic rings. The molecule has 1 saturated carbocycles. The Bertz CT molecular complexity index is 528. The lowest BCUT2D eigenvalue weighted by Gasteiger charge is -2.25. The van der Waals surface area contributed by atoms with E-state index in [-0.39, 0.29) is 5.25 Å². The number of hydrogen-bond donors (Lipinski definition) is 1. The predicted molar refractivity (Wildman–Crippen MR) is 71.5 cm³/mol. The SMILES string of the molecule is O=S(=O)(c1ccccc1C1CCCNC1)C1CC1. The highest BCUT2D eigenvalue weighted by Gasteiger charge is 2.38. The second-order valence-corrected chi connectivity index (χ2v) is 7.52. The van der Waals surface area contributed by atoms with Crippen molar-refractivity contribution in [1.82, 2.24) is 5.32 Å². The lowest BCUT2D eigenvalue weighted by atomic mass is 9.92. The van der Waals surface area contributed by atoms with E-state index < -0.39 is 9.84 Å². The third kappa shape index (κ3) is 2.19. The number of piperidine rings is 1. The van der Waals surface area contributed by atoms with Gasteiger partial charge in [0.2, 0.25) is 0 Å². The lowest BCUT2D eigenvalue weighted by Crippen LogP contribution is -2.29. The monoisotopic (exact) mass is 265 g/mol. The van der Waals surface area contributed by atoms with E-state index >= 15 is 0 Å². The van der Waals surface area contributed by atoms with Gasteiger partial charge in [0.25, 0.3) is 0 Å². The van der Waals surface area contributed by atoms with Gasteiger partial charge < -0.3 is 5.32 Å². The Labute approximate surface area is 109 Å². The highest BCUT2D eigenvalue weighted by Crippen LogP contribution is 2.37. The molecule has 18 heavy (non-hydrogen) atoms. The van der Waals surface area contributed by atoms with Gasteiger partial charge in [-0.2, -0.15) is 0 Å². The molecule has 0 amide bonds. The first-order chi connectivity index (χ1) is 8.69. The summed E-state index contributed by atoms with van der Waals surface area (Å²) >= 11 is 0. The van der Waals surface area contributed by atoms with Crippen molar-refractivity contribution >= 4 is 9.84 Å². The summed E-state index contributed by atoms with van der Waals surface area (Å²) in [4.78, 5) is 0.584. The summed E-state index contributed by atoms with van der Waals surface area (Å²) in [6.07, 6.45) is 3.88. The molecule has 3 nitrogen and oxygen atoms in total. The van der Waals surface area contributed by atoms with Crippen molar-refractivity contribution in [2.75, 3.05) is 13.1 Å². The van der Waals surface area contributed by atoms with Gasteiger partial charge in [-0.25, -0.2) is 8.42 Å². The molecule has 0 spiro atoms. The van der Waals surface area contributed by atoms with E-state index in [0.29, 0.717) is 10.8 Å². The maximum Gasteiger partial charge on any atom is 0.181 e. The first-order valence-electron chi connectivity index (χ1n) is 6.73. The van der Waals surface area contributed by atoms with Crippen LogP contribution < -0.4 is 5.32 Å². The number of hydrogen-bond acceptors (Lipinski definition) is 3. The van der Waals surface area contributed by atoms with Crippen LogP contribution in [-0.2, 0) is 9.84 Å². The predicted octanol–water partition coefficient (Wildman–Crippen LogP) is 2.09. The van der Waals surface area contributed by atoms with E-state index in [4.69, 9.17) is 0 Å². The zero-order valence-corrected chi connectivity index (χ0v) is 11.2. The fraction of sp³-hybridized carbons (Fsp3) is 0.571. The summed E-state index contributed by atoms with van der Waals surface area (Å²) in [5.74, 6) is 0.350. The Kier molecular flexibility index (Phi) is 3.16. The molecule has 1 N–H and O–H groups in total. The number of rotatable bonds is 3. The molecule has 1 heterocycles. The zero-order valence-electron chi connectivity index (χ0n) is 10.4. The van der Waals surface area contributed by atoms with Crippen molar-refractivity contribution in [3.05, 3.63) is 29.8 Å². The van der Waals surface area contributed by atoms with Gasteiger partial charge in [-0.15, -0.1) is 0 Å². The molecule has 0 aromatic heterocycles. The van der Waals surface area contributed by atoms with Gasteiger partial charge in [-0.1, -0.05) is 18.2 Å². The van der Waals surface area contributed by atoms with E-state index in [9.17, 15) is 8.42 Å². The van der Waals surface area contributed by atoms with Gasteiger partial charge >= 0.3 is 0 Å². The molecule has 2 aliphatic rings. The van der Waals surface area contributed by atoms with Crippen LogP contribution in [0.15, 0.2) is 29.2 Å². The van der Waals surface area contributed by atoms with Crippen molar-refractivity contribution in [3.63, 3.8) is 0 Å². The van der Waals surface area contributed by atoms with E-state index in [2.05, 4.69) is 5.32 Å². The zero-order chi connectivity index (χ0) is 12.6. The Morgan fingerprint density at radius 2 is 1.89 bits per heavy atom. The van der Waals surface area contributed by atoms with Gasteiger partial charge in [0, 0.05) is 6.54 Å². The molecule has 4 heteroatoms. The second kappa shape index (κ2) is 4.67. The average Bonchev–Trinajstić information content (AvgIpc) is 3.24. The smallest absolute Gasteiger partial charge is 0.181 e. The van der Waals surface area contributed by atoms with Crippen molar-refractivity contribution < 1.29 is 8.42 Å². The molecule has 98 valence electrons. The fourth-order valence-corrected chi connectivity index (χ4v) is 4.70. The van der Waals surface area contributed by atoms with Crippen LogP contribution in [-0.4, -0.2) is 26.8 Å². The topological polar surface area (TPSA) is 46.2 Å². The summed E-state index contributed by atoms with van der Waals surface area (Å²) < 4.78 is 24.9. The maximum atomic E-state index is 12.4. The van der Waals surface area contributed by atoms with Crippen LogP contribution in [0.4, 0.5) is 0 Å². The normalized spacial score (nSPS) is 25.0. The second-order valence-electron chi connectivity index (χ2n) is 5.33. The van der Waals surface area contributed by atoms with Gasteiger partial charge in [-0.3, -0.25) is 0 Å². The largest absolute Gasteiger partial charge is 0.316 e. The van der Waals surface area contributed by atoms with Crippen LogP contribution in [0.5, 0.6) is 0 Å². The number of nitrogens with one attached hydrogen (secondary N) is 1. The molecule has 3 rings (SSSR count). The van der Waals surface area contributed by atoms with E-state index in [1.807, 2.05) is 18.2 Å². The van der Waals surface area contributed by atoms with Crippen molar-refractivity contribution in [1.29, 1.82) is 0 Å². The molecular weight excluding hydrogens is 246 g/mol. The number of sulfone groups is 1. The minimum atomic E-state index is -3.07. The minimum Gasteiger partial charge on any atom is -0.316 e. The quantitative estimate of drug-likeness (QED) is 0.910. The number of benzene rings is 1. The van der Waals surface area contributed by atoms with Gasteiger partial charge in [-0.05, 0) is 49.8 Å². The molecule has 1 atom stereocenters. The van der Waals surface area contributed by atoms with Crippen molar-refractivity contribution in [2.45, 2.75) is 41.7 Å². The minimum absolute atomic E-state index is 0.116. The molecule has 1 saturated heterocycles. The molecule has 1 aliphatic carbocycles. The van der Waals surface area contributed by atoms with Crippen LogP contribution in [0, 0.1) is 0 Å². The molecule has 0 radical (unpaired) electrons. The maximum absolute atomic E-state index is 12.4. The summed E-state index contributed by atoms with van der Waals surface area (Å²) in [7, 11) is -3.07. The van der Waals surface area contributed by atoms with E-state index in [1.165, 1.54) is 0 Å². The van der Waals surface area contributed by atoms with Gasteiger partial charge in [0.05, 0.1) is 10.1 Å². The van der Waals surface area contributed by atoms with Crippen LogP contribution >= 0.6 is 0 Å². The van der Waals surface area contributed by atoms with Crippen molar-refractivity contribution in [2.24, 2.45) is 0 Å². The molecule has 1 aromatic carbocycles. The summed E-state index contributed by atoms with van der Waals surface area (Å²) in [6, 6.07) is 7.58. The Balaban J connectivity index is 1.99. The third-order valence-electron chi connectivity index (χ3n) is 3.93. The van der Waals surface area contributed by atoms with Crippen LogP contribution in [0.25, 0.3) is 0 Å². The highest BCUT2D eigenvalue weighted by molar-refractivity contribution is 7.92. The Morgan fingerprint density at radius 1 is 1.11 bits per heavy atom. The molecular formula is C14H19NO2S. The van der Waals surface area contributed by atoms with Gasteiger partial charge in [0.15, 0.2) is 9.84 Å². The molecule has 1 aliphatic heterocycles. The van der Waals surface area contributed by atoms with E-state index in [0.717, 1.165) is 44.3 Å². The average molecular weight is 265 g/mol. The fourth-order valence-electron chi connectivity index (χ4n) is 2.75. The van der Waals surface area contributed by atoms with Crippen LogP contribution in [0.1, 0.15) is 37.2 Å². The first kappa shape index (κ1) is 12.2. The summed E-state index contributed by atoms with van der Waals surface area (Å²) in [6.45, 7) is 1.95. The third-order valence-corrected chi connectivity index (χ3v) is 6.26. The summed E-state index contributed by atoms with van der Waals surface area (Å²) in [5.41, 5.74) is 1.02. The molecule has 2 fully saturated rings. The van der Waals surface area contributed by atoms with E-state index in [1.54, 1.807) is 6.07 Å². The molecule has 0 bridgehead atoms.